The molecule has 0 aliphatic carbocycles. The Morgan fingerprint density at radius 1 is 0.823 bits per heavy atom. The number of fused-ring (bicyclic) bond motifs is 3. The summed E-state index contributed by atoms with van der Waals surface area (Å²) >= 11 is 0. The van der Waals surface area contributed by atoms with Gasteiger partial charge in [0.15, 0.2) is 12.4 Å². The van der Waals surface area contributed by atoms with Crippen LogP contribution in [0.1, 0.15) is 174 Å². The molecule has 0 radical (unpaired) electrons. The van der Waals surface area contributed by atoms with Crippen molar-refractivity contribution >= 4 is 33.4 Å². The number of esters is 2. The molecule has 1 aromatic heterocycles. The lowest BCUT2D eigenvalue weighted by Gasteiger charge is -2.36. The molecule has 79 heavy (non-hydrogen) atoms. The number of hydrogen-bond acceptors (Lipinski definition) is 19. The van der Waals surface area contributed by atoms with Crippen LogP contribution in [0.2, 0.25) is 0 Å². The number of anilines is 1. The van der Waals surface area contributed by atoms with Gasteiger partial charge >= 0.3 is 33.3 Å². The highest BCUT2D eigenvalue weighted by atomic mass is 31.3. The van der Waals surface area contributed by atoms with E-state index in [0.717, 1.165) is 81.4 Å². The van der Waals surface area contributed by atoms with Crippen LogP contribution in [0.15, 0.2) is 77.8 Å². The van der Waals surface area contributed by atoms with E-state index in [1.807, 2.05) is 6.92 Å². The molecule has 12 atom stereocenters. The summed E-state index contributed by atoms with van der Waals surface area (Å²) in [6, 6.07) is 1.23. The average molecular weight is 1160 g/mol. The van der Waals surface area contributed by atoms with E-state index in [-0.39, 0.29) is 37.9 Å². The molecule has 22 nitrogen and oxygen atoms in total. The number of nitrogens with two attached hydrogens (primary N) is 1. The highest BCUT2D eigenvalue weighted by Gasteiger charge is 2.44. The van der Waals surface area contributed by atoms with Crippen LogP contribution >= 0.6 is 15.6 Å². The first-order chi connectivity index (χ1) is 37.8. The van der Waals surface area contributed by atoms with E-state index < -0.39 is 121 Å². The lowest BCUT2D eigenvalue weighted by Crippen LogP contribution is -2.49. The van der Waals surface area contributed by atoms with Gasteiger partial charge in [0.25, 0.3) is 0 Å². The van der Waals surface area contributed by atoms with Crippen molar-refractivity contribution in [3.05, 3.63) is 83.5 Å². The summed E-state index contributed by atoms with van der Waals surface area (Å²) in [6.45, 7) is 1.42. The second-order valence-electron chi connectivity index (χ2n) is 20.0. The number of rotatable bonds is 27. The van der Waals surface area contributed by atoms with Gasteiger partial charge in [-0.2, -0.15) is 9.29 Å². The van der Waals surface area contributed by atoms with E-state index in [1.165, 1.54) is 43.9 Å². The lowest BCUT2D eigenvalue weighted by atomic mass is 9.92. The molecule has 2 aliphatic rings. The van der Waals surface area contributed by atoms with Gasteiger partial charge < -0.3 is 60.0 Å². The Bertz CT molecular complexity index is 2190. The Labute approximate surface area is 466 Å². The number of phosphoric acid groups is 2. The number of aliphatic hydroxyl groups is 5. The van der Waals surface area contributed by atoms with Crippen molar-refractivity contribution in [2.75, 3.05) is 25.6 Å². The van der Waals surface area contributed by atoms with Gasteiger partial charge in [-0.3, -0.25) is 23.2 Å². The van der Waals surface area contributed by atoms with Gasteiger partial charge in [0.05, 0.1) is 25.4 Å². The summed E-state index contributed by atoms with van der Waals surface area (Å²) in [5.74, 6) is -2.86. The number of nitrogens with zero attached hydrogens (tertiary/aromatic N) is 2. The minimum atomic E-state index is -5.74. The van der Waals surface area contributed by atoms with Crippen LogP contribution in [0.4, 0.5) is 5.82 Å². The normalized spacial score (nSPS) is 29.0. The molecule has 2 bridgehead atoms. The molecule has 24 heteroatoms. The number of allylic oxidation sites excluding steroid dienone is 8. The molecule has 0 amide bonds. The first-order valence-electron chi connectivity index (χ1n) is 28.2. The second kappa shape index (κ2) is 39.7. The standard InChI is InChI=1S/C55H91N3O19P2/c1-3-5-7-8-9-10-11-12-13-14-15-16-17-18-19-20-21-22-23-28-32-49(61)71-39-43-40-72-78(67,68)77-79(69,70)73-41-47-53(65)52(64)46(35-34-42(59)30-26-6-4-2)75-51(63)38-45(60)44(31-27-24-25-29-33-50(62)74-43)54(76-47)58-37-36-48(56)57-55(58)66/h10-11,13-14,16-17,24,27,34-37,42-47,51-54,59-60,63-65H,3-9,12,15,18-23,25-26,28-33,38-41H2,1-2H3,(H,67,68)(H,69,70)(H2,56,57,66)/b11-10-,14-13-,17-16-,27-24?,35-34+/t42-,43+,44-,45-,46+,47+,51?,52-,53+,54+/m0/s1. The highest BCUT2D eigenvalue weighted by Crippen LogP contribution is 2.60. The van der Waals surface area contributed by atoms with Gasteiger partial charge in [0.1, 0.15) is 43.1 Å². The number of cyclic esters (lactones) is 1. The van der Waals surface area contributed by atoms with Crippen molar-refractivity contribution in [2.45, 2.75) is 223 Å². The van der Waals surface area contributed by atoms with Crippen molar-refractivity contribution in [2.24, 2.45) is 5.92 Å². The van der Waals surface area contributed by atoms with Crippen LogP contribution in [0, 0.1) is 5.92 Å². The minimum absolute atomic E-state index is 0.0569. The first-order valence-corrected chi connectivity index (χ1v) is 31.2. The summed E-state index contributed by atoms with van der Waals surface area (Å²) in [4.78, 5) is 64.3. The smallest absolute Gasteiger partial charge is 0.462 e. The number of ether oxygens (including phenoxy) is 4. The molecule has 3 heterocycles. The zero-order valence-corrected chi connectivity index (χ0v) is 48.0. The Morgan fingerprint density at radius 2 is 1.44 bits per heavy atom. The minimum Gasteiger partial charge on any atom is -0.462 e. The fraction of sp³-hybridized carbons (Fsp3) is 0.709. The van der Waals surface area contributed by atoms with Crippen LogP contribution in [0.3, 0.4) is 0 Å². The van der Waals surface area contributed by atoms with Crippen molar-refractivity contribution in [3.63, 3.8) is 0 Å². The molecule has 0 spiro atoms. The molecule has 9 N–H and O–H groups in total. The van der Waals surface area contributed by atoms with Crippen molar-refractivity contribution in [1.82, 2.24) is 9.55 Å². The molecule has 3 rings (SSSR count). The van der Waals surface area contributed by atoms with Crippen molar-refractivity contribution in [1.29, 1.82) is 0 Å². The molecule has 3 unspecified atom stereocenters. The Hall–Kier alpha value is -3.70. The van der Waals surface area contributed by atoms with E-state index in [9.17, 15) is 58.8 Å². The quantitative estimate of drug-likeness (QED) is 0.0177. The Morgan fingerprint density at radius 3 is 2.11 bits per heavy atom. The number of nitrogen functional groups attached to an aromatic ring is 1. The molecule has 2 aliphatic heterocycles. The van der Waals surface area contributed by atoms with Crippen molar-refractivity contribution < 1.29 is 86.3 Å². The maximum Gasteiger partial charge on any atom is 0.481 e. The first kappa shape index (κ1) is 69.6. The van der Waals surface area contributed by atoms with Crippen LogP contribution in [-0.2, 0) is 51.0 Å². The van der Waals surface area contributed by atoms with Gasteiger partial charge in [-0.25, -0.2) is 13.9 Å². The maximum absolute atomic E-state index is 13.4. The van der Waals surface area contributed by atoms with Crippen LogP contribution < -0.4 is 11.4 Å². The SMILES string of the molecule is CCCCCC/C=C\C/C=C\C/C=C\CCCCCCCCC(=O)OC[C@@H]1COP(=O)(O)OP(=O)(O)OC[C@H]2O[C@@H](n3ccc(N)nc3=O)[C@@H](CC=CCCCC(=O)O1)[C@@H](O)CC(O)O[C@H](/C=C/[C@@H](O)CCCCC)[C@H](O)[C@@H]2O. The van der Waals surface area contributed by atoms with Gasteiger partial charge in [-0.15, -0.1) is 0 Å². The molecule has 0 aromatic carbocycles. The Kier molecular flexibility index (Phi) is 34.9. The average Bonchev–Trinajstić information content (AvgIpc) is 3.43. The monoisotopic (exact) mass is 1160 g/mol. The molecule has 0 saturated carbocycles. The van der Waals surface area contributed by atoms with E-state index in [4.69, 9.17) is 33.7 Å². The zero-order chi connectivity index (χ0) is 57.9. The number of aromatic nitrogens is 2. The molecule has 450 valence electrons. The van der Waals surface area contributed by atoms with Crippen LogP contribution in [0.5, 0.6) is 0 Å². The number of carbonyl (C=O) groups excluding carboxylic acids is 2. The van der Waals surface area contributed by atoms with E-state index >= 15 is 0 Å². The van der Waals surface area contributed by atoms with Gasteiger partial charge in [-0.05, 0) is 76.7 Å². The second-order valence-corrected chi connectivity index (χ2v) is 23.0. The van der Waals surface area contributed by atoms with E-state index in [2.05, 4.69) is 52.7 Å². The summed E-state index contributed by atoms with van der Waals surface area (Å²) in [7, 11) is -11.4. The van der Waals surface area contributed by atoms with Gasteiger partial charge in [0.2, 0.25) is 0 Å². The number of unbranched alkanes of at least 4 members (excludes halogenated alkanes) is 12. The molecule has 1 fully saturated rings. The molecule has 1 saturated heterocycles. The maximum atomic E-state index is 13.4. The Balaban J connectivity index is 1.69. The summed E-state index contributed by atoms with van der Waals surface area (Å²) in [6.07, 6.45) is 21.4. The topological polar surface area (TPSA) is 335 Å². The van der Waals surface area contributed by atoms with Crippen LogP contribution in [-0.4, -0.2) is 126 Å². The molecule has 1 aromatic rings. The van der Waals surface area contributed by atoms with E-state index in [1.54, 1.807) is 12.2 Å². The fourth-order valence-electron chi connectivity index (χ4n) is 8.65. The molecular weight excluding hydrogens is 1070 g/mol. The number of carbonyl (C=O) groups is 2. The fourth-order valence-corrected chi connectivity index (χ4v) is 10.8. The summed E-state index contributed by atoms with van der Waals surface area (Å²) in [5.41, 5.74) is 4.76. The third-order valence-electron chi connectivity index (χ3n) is 13.1. The number of hydrogen-bond donors (Lipinski definition) is 8. The zero-order valence-electron chi connectivity index (χ0n) is 46.2. The predicted octanol–water partition coefficient (Wildman–Crippen LogP) is 8.39. The van der Waals surface area contributed by atoms with Gasteiger partial charge in [0, 0.05) is 31.4 Å². The number of aliphatic hydroxyl groups excluding tert-OH is 5. The third-order valence-corrected chi connectivity index (χ3v) is 15.7. The van der Waals surface area contributed by atoms with Gasteiger partial charge in [-0.1, -0.05) is 139 Å². The molecular formula is C55H91N3O19P2. The predicted molar refractivity (Wildman–Crippen MR) is 297 cm³/mol. The highest BCUT2D eigenvalue weighted by molar-refractivity contribution is 7.61. The van der Waals surface area contributed by atoms with E-state index in [0.29, 0.717) is 19.3 Å². The van der Waals surface area contributed by atoms with Crippen molar-refractivity contribution in [3.8, 4) is 0 Å². The number of phosphoric ester groups is 2. The lowest BCUT2D eigenvalue weighted by molar-refractivity contribution is -0.192. The third kappa shape index (κ3) is 30.3. The summed E-state index contributed by atoms with van der Waals surface area (Å²) < 4.78 is 64.8. The largest absolute Gasteiger partial charge is 0.481 e. The van der Waals surface area contributed by atoms with Crippen LogP contribution in [0.25, 0.3) is 0 Å². The summed E-state index contributed by atoms with van der Waals surface area (Å²) in [5, 5.41) is 56.9.